The van der Waals surface area contributed by atoms with Gasteiger partial charge >= 0.3 is 0 Å². The largest absolute Gasteiger partial charge is 0.303 e. The molecule has 180 valence electrons. The van der Waals surface area contributed by atoms with Gasteiger partial charge in [0.15, 0.2) is 0 Å². The molecule has 4 aromatic carbocycles. The lowest BCUT2D eigenvalue weighted by molar-refractivity contribution is -0.113. The summed E-state index contributed by atoms with van der Waals surface area (Å²) >= 11 is 8.31. The molecular weight excluding hydrogens is 597 g/mol. The molecule has 1 aliphatic heterocycles. The fourth-order valence-electron chi connectivity index (χ4n) is 4.61. The van der Waals surface area contributed by atoms with Gasteiger partial charge in [-0.2, -0.15) is 0 Å². The molecule has 0 atom stereocenters. The Morgan fingerprint density at radius 2 is 1.59 bits per heavy atom. The predicted octanol–water partition coefficient (Wildman–Crippen LogP) is 6.73. The number of amides is 1. The first-order chi connectivity index (χ1) is 18.0. The van der Waals surface area contributed by atoms with Gasteiger partial charge in [-0.05, 0) is 82.8 Å². The van der Waals surface area contributed by atoms with Gasteiger partial charge in [-0.25, -0.2) is 4.98 Å². The second-order valence-corrected chi connectivity index (χ2v) is 10.4. The normalized spacial score (nSPS) is 13.9. The minimum atomic E-state index is -0.211. The first-order valence-corrected chi connectivity index (χ1v) is 13.1. The molecule has 0 saturated heterocycles. The number of fused-ring (bicyclic) bond motifs is 2. The van der Waals surface area contributed by atoms with Crippen molar-refractivity contribution >= 4 is 68.3 Å². The number of carbonyl (C=O) groups is 1. The highest BCUT2D eigenvalue weighted by atomic mass is 127. The van der Waals surface area contributed by atoms with Crippen molar-refractivity contribution in [1.29, 1.82) is 0 Å². The molecular formula is C30H19ClIN3O2. The van der Waals surface area contributed by atoms with Crippen LogP contribution in [-0.4, -0.2) is 15.5 Å². The highest BCUT2D eigenvalue weighted by molar-refractivity contribution is 14.1. The second-order valence-electron chi connectivity index (χ2n) is 8.70. The standard InChI is InChI=1S/C30H19ClIN3O2/c31-20-10-13-22(14-11-20)35-28(33-26-15-12-21(32)16-25(26)30(35)37)17-24-23-8-4-5-9-27(23)34(29(24)36)18-19-6-2-1-3-7-19/h1-17H,18H2. The topological polar surface area (TPSA) is 55.2 Å². The Balaban J connectivity index is 1.56. The van der Waals surface area contributed by atoms with Crippen molar-refractivity contribution in [2.75, 3.05) is 4.90 Å². The fourth-order valence-corrected chi connectivity index (χ4v) is 5.23. The van der Waals surface area contributed by atoms with Gasteiger partial charge in [-0.1, -0.05) is 60.1 Å². The van der Waals surface area contributed by atoms with Crippen LogP contribution >= 0.6 is 34.2 Å². The van der Waals surface area contributed by atoms with Crippen LogP contribution in [0, 0.1) is 3.57 Å². The molecule has 7 heteroatoms. The van der Waals surface area contributed by atoms with Gasteiger partial charge in [0.1, 0.15) is 5.82 Å². The molecule has 5 aromatic rings. The van der Waals surface area contributed by atoms with Crippen LogP contribution in [0.15, 0.2) is 102 Å². The molecule has 0 aliphatic carbocycles. The van der Waals surface area contributed by atoms with Crippen molar-refractivity contribution in [3.8, 4) is 5.69 Å². The van der Waals surface area contributed by atoms with E-state index in [4.69, 9.17) is 16.6 Å². The van der Waals surface area contributed by atoms with Crippen LogP contribution < -0.4 is 10.5 Å². The van der Waals surface area contributed by atoms with Crippen LogP contribution in [0.25, 0.3) is 28.2 Å². The van der Waals surface area contributed by atoms with Crippen LogP contribution in [0.4, 0.5) is 5.69 Å². The number of hydrogen-bond donors (Lipinski definition) is 0. The summed E-state index contributed by atoms with van der Waals surface area (Å²) in [7, 11) is 0. The zero-order valence-electron chi connectivity index (χ0n) is 19.4. The third-order valence-corrected chi connectivity index (χ3v) is 7.28. The zero-order chi connectivity index (χ0) is 25.5. The number of aromatic nitrogens is 2. The lowest BCUT2D eigenvalue weighted by atomic mass is 10.1. The molecule has 6 rings (SSSR count). The van der Waals surface area contributed by atoms with E-state index in [0.717, 1.165) is 20.4 Å². The van der Waals surface area contributed by atoms with Crippen molar-refractivity contribution < 1.29 is 4.79 Å². The van der Waals surface area contributed by atoms with Gasteiger partial charge < -0.3 is 4.90 Å². The summed E-state index contributed by atoms with van der Waals surface area (Å²) in [5.74, 6) is 0.241. The number of hydrogen-bond acceptors (Lipinski definition) is 3. The molecule has 37 heavy (non-hydrogen) atoms. The Kier molecular flexibility index (Phi) is 6.14. The van der Waals surface area contributed by atoms with E-state index in [-0.39, 0.29) is 11.5 Å². The van der Waals surface area contributed by atoms with Crippen LogP contribution in [0.3, 0.4) is 0 Å². The van der Waals surface area contributed by atoms with Crippen molar-refractivity contribution in [2.45, 2.75) is 6.54 Å². The number of nitrogens with zero attached hydrogens (tertiary/aromatic N) is 3. The molecule has 1 aliphatic rings. The van der Waals surface area contributed by atoms with E-state index in [9.17, 15) is 9.59 Å². The third kappa shape index (κ3) is 4.36. The van der Waals surface area contributed by atoms with Gasteiger partial charge in [0, 0.05) is 14.2 Å². The summed E-state index contributed by atoms with van der Waals surface area (Å²) in [5.41, 5.74) is 4.14. The van der Waals surface area contributed by atoms with Crippen LogP contribution in [0.1, 0.15) is 17.0 Å². The van der Waals surface area contributed by atoms with Crippen LogP contribution in [0.5, 0.6) is 0 Å². The molecule has 5 nitrogen and oxygen atoms in total. The molecule has 0 spiro atoms. The minimum Gasteiger partial charge on any atom is -0.303 e. The summed E-state index contributed by atoms with van der Waals surface area (Å²) in [6.07, 6.45) is 1.72. The number of benzene rings is 4. The van der Waals surface area contributed by atoms with Gasteiger partial charge in [-0.3, -0.25) is 14.2 Å². The van der Waals surface area contributed by atoms with E-state index in [1.807, 2.05) is 72.8 Å². The molecule has 0 saturated carbocycles. The summed E-state index contributed by atoms with van der Waals surface area (Å²) in [5, 5.41) is 1.07. The number of halogens is 2. The van der Waals surface area contributed by atoms with Crippen LogP contribution in [0.2, 0.25) is 5.02 Å². The smallest absolute Gasteiger partial charge is 0.266 e. The molecule has 2 heterocycles. The summed E-state index contributed by atoms with van der Waals surface area (Å²) in [4.78, 5) is 34.1. The molecule has 1 amide bonds. The lowest BCUT2D eigenvalue weighted by Crippen LogP contribution is -2.26. The van der Waals surface area contributed by atoms with E-state index in [0.29, 0.717) is 39.6 Å². The number of para-hydroxylation sites is 1. The van der Waals surface area contributed by atoms with Crippen molar-refractivity contribution in [2.24, 2.45) is 0 Å². The Morgan fingerprint density at radius 3 is 2.38 bits per heavy atom. The molecule has 0 unspecified atom stereocenters. The van der Waals surface area contributed by atoms with E-state index in [2.05, 4.69) is 22.6 Å². The van der Waals surface area contributed by atoms with E-state index < -0.39 is 0 Å². The monoisotopic (exact) mass is 615 g/mol. The maximum atomic E-state index is 13.8. The zero-order valence-corrected chi connectivity index (χ0v) is 22.3. The Labute approximate surface area is 231 Å². The predicted molar refractivity (Wildman–Crippen MR) is 157 cm³/mol. The molecule has 1 aromatic heterocycles. The summed E-state index contributed by atoms with van der Waals surface area (Å²) in [6.45, 7) is 0.446. The fraction of sp³-hybridized carbons (Fsp3) is 0.0333. The lowest BCUT2D eigenvalue weighted by Gasteiger charge is -2.17. The molecule has 0 N–H and O–H groups in total. The van der Waals surface area contributed by atoms with Crippen molar-refractivity contribution in [3.63, 3.8) is 0 Å². The number of anilines is 1. The van der Waals surface area contributed by atoms with Gasteiger partial charge in [0.2, 0.25) is 0 Å². The molecule has 0 radical (unpaired) electrons. The minimum absolute atomic E-state index is 0.135. The number of rotatable bonds is 4. The van der Waals surface area contributed by atoms with Crippen LogP contribution in [-0.2, 0) is 11.3 Å². The SMILES string of the molecule is O=C1C(=Cc2nc3ccc(I)cc3c(=O)n2-c2ccc(Cl)cc2)c2ccccc2N1Cc1ccccc1. The summed E-state index contributed by atoms with van der Waals surface area (Å²) < 4.78 is 2.48. The highest BCUT2D eigenvalue weighted by Gasteiger charge is 2.32. The Hall–Kier alpha value is -3.75. The Morgan fingerprint density at radius 1 is 0.865 bits per heavy atom. The van der Waals surface area contributed by atoms with Gasteiger partial charge in [0.05, 0.1) is 34.4 Å². The average molecular weight is 616 g/mol. The maximum absolute atomic E-state index is 13.8. The van der Waals surface area contributed by atoms with E-state index in [1.165, 1.54) is 4.57 Å². The molecule has 0 bridgehead atoms. The maximum Gasteiger partial charge on any atom is 0.266 e. The first kappa shape index (κ1) is 23.6. The van der Waals surface area contributed by atoms with Crippen molar-refractivity contribution in [3.05, 3.63) is 133 Å². The second kappa shape index (κ2) is 9.61. The summed E-state index contributed by atoms with van der Waals surface area (Å²) in [6, 6.07) is 30.2. The van der Waals surface area contributed by atoms with Crippen molar-refractivity contribution in [1.82, 2.24) is 9.55 Å². The quantitative estimate of drug-likeness (QED) is 0.166. The van der Waals surface area contributed by atoms with E-state index >= 15 is 0 Å². The number of carbonyl (C=O) groups excluding carboxylic acids is 1. The highest BCUT2D eigenvalue weighted by Crippen LogP contribution is 2.38. The molecule has 0 fully saturated rings. The average Bonchev–Trinajstić information content (AvgIpc) is 3.17. The van der Waals surface area contributed by atoms with Gasteiger partial charge in [-0.15, -0.1) is 0 Å². The first-order valence-electron chi connectivity index (χ1n) is 11.6. The van der Waals surface area contributed by atoms with Gasteiger partial charge in [0.25, 0.3) is 11.5 Å². The Bertz CT molecular complexity index is 1760. The van der Waals surface area contributed by atoms with E-state index in [1.54, 1.807) is 35.2 Å². The third-order valence-electron chi connectivity index (χ3n) is 6.36.